The van der Waals surface area contributed by atoms with Gasteiger partial charge in [-0.2, -0.15) is 13.2 Å². The molecule has 9 nitrogen and oxygen atoms in total. The Morgan fingerprint density at radius 2 is 1.58 bits per heavy atom. The second-order valence-electron chi connectivity index (χ2n) is 10.7. The molecular weight excluding hydrogens is 603 g/mol. The number of aromatic nitrogens is 4. The molecule has 3 heterocycles. The van der Waals surface area contributed by atoms with Crippen LogP contribution in [0.4, 0.5) is 34.5 Å². The van der Waals surface area contributed by atoms with Gasteiger partial charge in [-0.25, -0.2) is 19.7 Å². The van der Waals surface area contributed by atoms with E-state index < -0.39 is 17.8 Å². The van der Waals surface area contributed by atoms with Gasteiger partial charge in [-0.15, -0.1) is 0 Å². The minimum absolute atomic E-state index is 0.0470. The molecular formula is C32H30F3N7O2S. The van der Waals surface area contributed by atoms with Crippen LogP contribution in [0.3, 0.4) is 0 Å². The van der Waals surface area contributed by atoms with Crippen LogP contribution in [0.1, 0.15) is 30.5 Å². The summed E-state index contributed by atoms with van der Waals surface area (Å²) in [5.74, 6) is 1.03. The average Bonchev–Trinajstić information content (AvgIpc) is 3.48. The number of carbonyl (C=O) groups excluding carboxylic acids is 1. The van der Waals surface area contributed by atoms with Crippen molar-refractivity contribution in [2.24, 2.45) is 5.92 Å². The lowest BCUT2D eigenvalue weighted by molar-refractivity contribution is -0.137. The molecule has 0 atom stereocenters. The van der Waals surface area contributed by atoms with E-state index in [1.165, 1.54) is 12.4 Å². The van der Waals surface area contributed by atoms with Gasteiger partial charge >= 0.3 is 18.2 Å². The van der Waals surface area contributed by atoms with Gasteiger partial charge in [-0.05, 0) is 72.9 Å². The van der Waals surface area contributed by atoms with Crippen molar-refractivity contribution < 1.29 is 22.7 Å². The first-order valence-corrected chi connectivity index (χ1v) is 14.8. The number of carbonyl (C=O) groups is 1. The molecule has 0 radical (unpaired) electrons. The Bertz CT molecular complexity index is 1790. The van der Waals surface area contributed by atoms with Gasteiger partial charge in [0.05, 0.1) is 39.9 Å². The van der Waals surface area contributed by atoms with Crippen LogP contribution in [0.2, 0.25) is 0 Å². The third-order valence-corrected chi connectivity index (χ3v) is 7.65. The molecule has 0 aliphatic carbocycles. The van der Waals surface area contributed by atoms with E-state index in [0.717, 1.165) is 45.5 Å². The van der Waals surface area contributed by atoms with Gasteiger partial charge in [-0.1, -0.05) is 37.3 Å². The molecule has 45 heavy (non-hydrogen) atoms. The lowest BCUT2D eigenvalue weighted by Gasteiger charge is -2.15. The van der Waals surface area contributed by atoms with E-state index in [9.17, 15) is 18.0 Å². The highest BCUT2D eigenvalue weighted by atomic mass is 32.1. The number of halogens is 3. The maximum Gasteiger partial charge on any atom is 0.417 e. The van der Waals surface area contributed by atoms with Crippen LogP contribution in [-0.4, -0.2) is 32.5 Å². The summed E-state index contributed by atoms with van der Waals surface area (Å²) in [5, 5.41) is 9.20. The van der Waals surface area contributed by atoms with Crippen LogP contribution in [0.5, 0.6) is 11.8 Å². The number of hydrogen-bond donors (Lipinski definition) is 3. The topological polar surface area (TPSA) is 114 Å². The van der Waals surface area contributed by atoms with Crippen molar-refractivity contribution in [3.63, 3.8) is 0 Å². The van der Waals surface area contributed by atoms with E-state index in [0.29, 0.717) is 17.2 Å². The second kappa shape index (κ2) is 13.3. The molecule has 3 N–H and O–H groups in total. The first-order chi connectivity index (χ1) is 21.4. The number of pyridine rings is 1. The lowest BCUT2D eigenvalue weighted by Crippen LogP contribution is -2.21. The number of hydrogen-bond acceptors (Lipinski definition) is 8. The van der Waals surface area contributed by atoms with E-state index in [4.69, 9.17) is 4.74 Å². The molecule has 232 valence electrons. The van der Waals surface area contributed by atoms with Crippen molar-refractivity contribution in [3.05, 3.63) is 90.0 Å². The number of amides is 2. The molecule has 0 aliphatic rings. The SMILES string of the molecule is Cc1ccc(-c2ncc(C(F)(F)F)cc2NC(=O)Nc2cnc(Oc3ccc(-c4cnc(NCC(C)C)s4)cc3)nc2)cc1C. The molecule has 2 aromatic carbocycles. The molecule has 5 rings (SSSR count). The van der Waals surface area contributed by atoms with Gasteiger partial charge in [0.2, 0.25) is 0 Å². The fourth-order valence-corrected chi connectivity index (χ4v) is 4.95. The van der Waals surface area contributed by atoms with E-state index in [-0.39, 0.29) is 23.1 Å². The third kappa shape index (κ3) is 8.12. The third-order valence-electron chi connectivity index (χ3n) is 6.64. The highest BCUT2D eigenvalue weighted by molar-refractivity contribution is 7.18. The highest BCUT2D eigenvalue weighted by Crippen LogP contribution is 2.35. The normalized spacial score (nSPS) is 11.4. The Kier molecular flexibility index (Phi) is 9.28. The lowest BCUT2D eigenvalue weighted by atomic mass is 10.0. The van der Waals surface area contributed by atoms with Gasteiger partial charge in [0.25, 0.3) is 0 Å². The number of benzene rings is 2. The van der Waals surface area contributed by atoms with Gasteiger partial charge in [0.1, 0.15) is 5.75 Å². The molecule has 2 amide bonds. The Morgan fingerprint density at radius 1 is 0.867 bits per heavy atom. The summed E-state index contributed by atoms with van der Waals surface area (Å²) in [6.07, 6.45) is 0.583. The van der Waals surface area contributed by atoms with Gasteiger partial charge < -0.3 is 20.7 Å². The molecule has 0 aliphatic heterocycles. The quantitative estimate of drug-likeness (QED) is 0.149. The zero-order valence-corrected chi connectivity index (χ0v) is 25.7. The smallest absolute Gasteiger partial charge is 0.417 e. The van der Waals surface area contributed by atoms with Crippen LogP contribution in [0.25, 0.3) is 21.7 Å². The van der Waals surface area contributed by atoms with E-state index in [1.807, 2.05) is 38.2 Å². The molecule has 0 unspecified atom stereocenters. The van der Waals surface area contributed by atoms with Crippen molar-refractivity contribution in [1.29, 1.82) is 0 Å². The maximum absolute atomic E-state index is 13.4. The number of urea groups is 1. The molecule has 3 aromatic heterocycles. The first-order valence-electron chi connectivity index (χ1n) is 14.0. The largest absolute Gasteiger partial charge is 0.424 e. The maximum atomic E-state index is 13.4. The zero-order valence-electron chi connectivity index (χ0n) is 24.9. The molecule has 13 heteroatoms. The number of rotatable bonds is 9. The predicted octanol–water partition coefficient (Wildman–Crippen LogP) is 8.80. The summed E-state index contributed by atoms with van der Waals surface area (Å²) >= 11 is 1.57. The van der Waals surface area contributed by atoms with Gasteiger partial charge in [0, 0.05) is 24.5 Å². The summed E-state index contributed by atoms with van der Waals surface area (Å²) < 4.78 is 46.1. The Balaban J connectivity index is 1.23. The number of nitrogens with zero attached hydrogens (tertiary/aromatic N) is 4. The number of thiazole rings is 1. The standard InChI is InChI=1S/C32H30F3N7O2S/c1-18(2)13-39-31-40-17-27(45-31)21-7-9-25(10-8-21)44-30-37-15-24(16-38-30)41-29(43)42-26-12-23(32(33,34)35)14-36-28(26)22-6-5-19(3)20(4)11-22/h5-12,14-18H,13H2,1-4H3,(H,39,40)(H2,41,42,43). The Hall–Kier alpha value is -5.04. The predicted molar refractivity (Wildman–Crippen MR) is 170 cm³/mol. The zero-order chi connectivity index (χ0) is 32.1. The van der Waals surface area contributed by atoms with Crippen molar-refractivity contribution in [2.75, 3.05) is 22.5 Å². The van der Waals surface area contributed by atoms with Crippen LogP contribution in [-0.2, 0) is 6.18 Å². The molecule has 0 saturated carbocycles. The number of ether oxygens (including phenoxy) is 1. The monoisotopic (exact) mass is 633 g/mol. The summed E-state index contributed by atoms with van der Waals surface area (Å²) in [5.41, 5.74) is 2.82. The molecule has 0 spiro atoms. The fraction of sp³-hybridized carbons (Fsp3) is 0.219. The van der Waals surface area contributed by atoms with Gasteiger partial charge in [0.15, 0.2) is 5.13 Å². The molecule has 0 bridgehead atoms. The minimum atomic E-state index is -4.64. The van der Waals surface area contributed by atoms with E-state index >= 15 is 0 Å². The van der Waals surface area contributed by atoms with Crippen LogP contribution < -0.4 is 20.7 Å². The molecule has 0 fully saturated rings. The summed E-state index contributed by atoms with van der Waals surface area (Å²) in [6, 6.07) is 12.9. The van der Waals surface area contributed by atoms with Crippen LogP contribution in [0, 0.1) is 19.8 Å². The summed E-state index contributed by atoms with van der Waals surface area (Å²) in [6.45, 7) is 8.92. The van der Waals surface area contributed by atoms with Crippen molar-refractivity contribution >= 4 is 33.9 Å². The Morgan fingerprint density at radius 3 is 2.24 bits per heavy atom. The Labute approximate surface area is 262 Å². The molecule has 0 saturated heterocycles. The first kappa shape index (κ1) is 31.4. The number of anilines is 3. The average molecular weight is 634 g/mol. The highest BCUT2D eigenvalue weighted by Gasteiger charge is 2.32. The fourth-order valence-electron chi connectivity index (χ4n) is 4.13. The van der Waals surface area contributed by atoms with E-state index in [1.54, 1.807) is 35.6 Å². The van der Waals surface area contributed by atoms with Gasteiger partial charge in [-0.3, -0.25) is 4.98 Å². The second-order valence-corrected chi connectivity index (χ2v) is 11.7. The summed E-state index contributed by atoms with van der Waals surface area (Å²) in [4.78, 5) is 30.5. The minimum Gasteiger partial charge on any atom is -0.424 e. The molecule has 5 aromatic rings. The van der Waals surface area contributed by atoms with Crippen molar-refractivity contribution in [2.45, 2.75) is 33.9 Å². The van der Waals surface area contributed by atoms with Crippen molar-refractivity contribution in [3.8, 4) is 33.5 Å². The number of aryl methyl sites for hydroxylation is 2. The van der Waals surface area contributed by atoms with Crippen LogP contribution >= 0.6 is 11.3 Å². The van der Waals surface area contributed by atoms with E-state index in [2.05, 4.69) is 49.7 Å². The summed E-state index contributed by atoms with van der Waals surface area (Å²) in [7, 11) is 0. The van der Waals surface area contributed by atoms with Crippen LogP contribution in [0.15, 0.2) is 73.3 Å². The number of nitrogens with one attached hydrogen (secondary N) is 3. The van der Waals surface area contributed by atoms with Crippen molar-refractivity contribution in [1.82, 2.24) is 19.9 Å². The number of alkyl halides is 3.